The first-order valence-corrected chi connectivity index (χ1v) is 13.6. The van der Waals surface area contributed by atoms with E-state index in [-0.39, 0.29) is 0 Å². The zero-order valence-electron chi connectivity index (χ0n) is 21.1. The van der Waals surface area contributed by atoms with Crippen LogP contribution in [0.3, 0.4) is 0 Å². The number of amides is 1. The van der Waals surface area contributed by atoms with Crippen molar-refractivity contribution >= 4 is 23.6 Å². The fourth-order valence-corrected chi connectivity index (χ4v) is 5.17. The van der Waals surface area contributed by atoms with Crippen LogP contribution in [-0.4, -0.2) is 60.6 Å². The van der Waals surface area contributed by atoms with E-state index >= 15 is 0 Å². The van der Waals surface area contributed by atoms with E-state index in [0.29, 0.717) is 24.0 Å². The number of hydrogen-bond acceptors (Lipinski definition) is 8. The first-order valence-electron chi connectivity index (χ1n) is 12.7. The van der Waals surface area contributed by atoms with Crippen LogP contribution in [0.2, 0.25) is 0 Å². The predicted octanol–water partition coefficient (Wildman–Crippen LogP) is 4.24. The van der Waals surface area contributed by atoms with Gasteiger partial charge in [-0.3, -0.25) is 9.69 Å². The minimum Gasteiger partial charge on any atom is -0.497 e. The lowest BCUT2D eigenvalue weighted by Gasteiger charge is -2.34. The number of benzene rings is 2. The summed E-state index contributed by atoms with van der Waals surface area (Å²) in [5.74, 6) is 2.53. The van der Waals surface area contributed by atoms with Crippen LogP contribution in [0.1, 0.15) is 35.2 Å². The molecule has 0 radical (unpaired) electrons. The first kappa shape index (κ1) is 25.4. The number of carbonyl (C=O) groups excluding carboxylic acids is 1. The van der Waals surface area contributed by atoms with Gasteiger partial charge in [-0.1, -0.05) is 36.7 Å². The van der Waals surface area contributed by atoms with Crippen LogP contribution in [0, 0.1) is 5.92 Å². The number of aromatic nitrogens is 2. The van der Waals surface area contributed by atoms with Crippen molar-refractivity contribution in [2.75, 3.05) is 44.7 Å². The number of methoxy groups -OCH3 is 1. The number of rotatable bonds is 11. The Morgan fingerprint density at radius 2 is 1.89 bits per heavy atom. The summed E-state index contributed by atoms with van der Waals surface area (Å²) in [5, 5.41) is 0. The molecule has 3 aromatic rings. The number of ether oxygens (including phenoxy) is 2. The number of carbonyl (C=O) groups is 1. The molecule has 194 valence electrons. The van der Waals surface area contributed by atoms with Crippen molar-refractivity contribution in [2.45, 2.75) is 35.7 Å². The Morgan fingerprint density at radius 3 is 2.59 bits per heavy atom. The molecule has 1 aliphatic carbocycles. The lowest BCUT2D eigenvalue weighted by atomic mass is 10.2. The highest BCUT2D eigenvalue weighted by molar-refractivity contribution is 7.99. The molecule has 2 aliphatic rings. The first-order chi connectivity index (χ1) is 18.1. The highest BCUT2D eigenvalue weighted by Gasteiger charge is 2.25. The van der Waals surface area contributed by atoms with Gasteiger partial charge in [-0.2, -0.15) is 4.98 Å². The molecule has 9 heteroatoms. The molecule has 0 bridgehead atoms. The molecule has 0 unspecified atom stereocenters. The van der Waals surface area contributed by atoms with E-state index in [1.165, 1.54) is 37.6 Å². The smallest absolute Gasteiger partial charge is 0.248 e. The average molecular weight is 520 g/mol. The lowest BCUT2D eigenvalue weighted by Crippen LogP contribution is -2.47. The van der Waals surface area contributed by atoms with Crippen molar-refractivity contribution in [3.63, 3.8) is 0 Å². The van der Waals surface area contributed by atoms with Gasteiger partial charge in [0.1, 0.15) is 12.4 Å². The molecule has 1 saturated heterocycles. The minimum atomic E-state index is -0.445. The van der Waals surface area contributed by atoms with E-state index in [4.69, 9.17) is 25.2 Å². The van der Waals surface area contributed by atoms with Crippen LogP contribution in [0.15, 0.2) is 64.5 Å². The molecule has 37 heavy (non-hydrogen) atoms. The van der Waals surface area contributed by atoms with E-state index < -0.39 is 5.91 Å². The maximum absolute atomic E-state index is 11.4. The van der Waals surface area contributed by atoms with E-state index in [2.05, 4.69) is 9.80 Å². The van der Waals surface area contributed by atoms with Gasteiger partial charge in [0, 0.05) is 36.6 Å². The fraction of sp³-hybridized carbons (Fsp3) is 0.393. The lowest BCUT2D eigenvalue weighted by molar-refractivity contribution is 0.1000. The fourth-order valence-electron chi connectivity index (χ4n) is 4.34. The summed E-state index contributed by atoms with van der Waals surface area (Å²) < 4.78 is 11.6. The highest BCUT2D eigenvalue weighted by atomic mass is 32.2. The van der Waals surface area contributed by atoms with Crippen LogP contribution < -0.4 is 20.1 Å². The molecular formula is C28H33N5O3S. The van der Waals surface area contributed by atoms with Gasteiger partial charge in [0.2, 0.25) is 17.7 Å². The van der Waals surface area contributed by atoms with E-state index in [9.17, 15) is 4.79 Å². The van der Waals surface area contributed by atoms with Crippen LogP contribution in [0.4, 0.5) is 5.95 Å². The second kappa shape index (κ2) is 11.8. The molecular weight excluding hydrogens is 486 g/mol. The van der Waals surface area contributed by atoms with Crippen molar-refractivity contribution in [3.05, 3.63) is 65.9 Å². The molecule has 0 spiro atoms. The van der Waals surface area contributed by atoms with Gasteiger partial charge in [0.15, 0.2) is 0 Å². The molecule has 0 atom stereocenters. The highest BCUT2D eigenvalue weighted by Crippen LogP contribution is 2.35. The second-order valence-electron chi connectivity index (χ2n) is 9.53. The SMILES string of the molecule is COc1cccc(COc2nc(N3CCN(CCC4CC4)CC3)ncc2Sc2ccc(C(N)=O)cc2)c1. The van der Waals surface area contributed by atoms with E-state index in [1.54, 1.807) is 19.2 Å². The Hall–Kier alpha value is -3.30. The molecule has 5 rings (SSSR count). The Morgan fingerprint density at radius 1 is 1.11 bits per heavy atom. The third-order valence-corrected chi connectivity index (χ3v) is 7.80. The molecule has 1 aromatic heterocycles. The summed E-state index contributed by atoms with van der Waals surface area (Å²) >= 11 is 1.49. The standard InChI is InChI=1S/C28H33N5O3S/c1-35-23-4-2-3-21(17-23)19-36-27-25(37-24-9-7-22(8-10-24)26(29)34)18-30-28(31-27)33-15-13-32(14-16-33)12-11-20-5-6-20/h2-4,7-10,17-18,20H,5-6,11-16,19H2,1H3,(H2,29,34). The van der Waals surface area contributed by atoms with Gasteiger partial charge in [-0.05, 0) is 60.8 Å². The van der Waals surface area contributed by atoms with Gasteiger partial charge in [-0.25, -0.2) is 4.98 Å². The van der Waals surface area contributed by atoms with Crippen molar-refractivity contribution in [1.82, 2.24) is 14.9 Å². The zero-order valence-corrected chi connectivity index (χ0v) is 22.0. The number of primary amides is 1. The van der Waals surface area contributed by atoms with Gasteiger partial charge in [0.05, 0.1) is 18.2 Å². The van der Waals surface area contributed by atoms with Gasteiger partial charge in [0.25, 0.3) is 0 Å². The predicted molar refractivity (Wildman–Crippen MR) is 144 cm³/mol. The molecule has 2 aromatic carbocycles. The normalized spacial score (nSPS) is 16.0. The quantitative estimate of drug-likeness (QED) is 0.402. The molecule has 2 heterocycles. The molecule has 1 aliphatic heterocycles. The molecule has 1 saturated carbocycles. The Kier molecular flexibility index (Phi) is 8.11. The Balaban J connectivity index is 1.31. The topological polar surface area (TPSA) is 93.8 Å². The third kappa shape index (κ3) is 6.93. The van der Waals surface area contributed by atoms with Crippen molar-refractivity contribution < 1.29 is 14.3 Å². The molecule has 2 fully saturated rings. The Bertz CT molecular complexity index is 1210. The maximum Gasteiger partial charge on any atom is 0.248 e. The summed E-state index contributed by atoms with van der Waals surface area (Å²) in [7, 11) is 1.65. The number of anilines is 1. The summed E-state index contributed by atoms with van der Waals surface area (Å²) in [6.07, 6.45) is 5.97. The minimum absolute atomic E-state index is 0.358. The molecule has 8 nitrogen and oxygen atoms in total. The monoisotopic (exact) mass is 519 g/mol. The number of nitrogens with two attached hydrogens (primary N) is 1. The largest absolute Gasteiger partial charge is 0.497 e. The molecule has 2 N–H and O–H groups in total. The number of piperazine rings is 1. The third-order valence-electron chi connectivity index (χ3n) is 6.79. The summed E-state index contributed by atoms with van der Waals surface area (Å²) in [6.45, 7) is 5.41. The summed E-state index contributed by atoms with van der Waals surface area (Å²) in [5.41, 5.74) is 6.85. The summed E-state index contributed by atoms with van der Waals surface area (Å²) in [4.78, 5) is 27.5. The molecule has 1 amide bonds. The van der Waals surface area contributed by atoms with Crippen molar-refractivity contribution in [3.8, 4) is 11.6 Å². The van der Waals surface area contributed by atoms with Crippen LogP contribution in [-0.2, 0) is 6.61 Å². The van der Waals surface area contributed by atoms with Gasteiger partial charge >= 0.3 is 0 Å². The van der Waals surface area contributed by atoms with Crippen LogP contribution in [0.25, 0.3) is 0 Å². The van der Waals surface area contributed by atoms with Crippen LogP contribution >= 0.6 is 11.8 Å². The maximum atomic E-state index is 11.4. The van der Waals surface area contributed by atoms with Crippen molar-refractivity contribution in [1.29, 1.82) is 0 Å². The second-order valence-corrected chi connectivity index (χ2v) is 10.6. The van der Waals surface area contributed by atoms with Gasteiger partial charge < -0.3 is 20.1 Å². The average Bonchev–Trinajstić information content (AvgIpc) is 3.77. The Labute approximate surface area is 222 Å². The summed E-state index contributed by atoms with van der Waals surface area (Å²) in [6, 6.07) is 15.0. The number of hydrogen-bond donors (Lipinski definition) is 1. The van der Waals surface area contributed by atoms with E-state index in [1.807, 2.05) is 42.6 Å². The van der Waals surface area contributed by atoms with Gasteiger partial charge in [-0.15, -0.1) is 0 Å². The number of nitrogens with zero attached hydrogens (tertiary/aromatic N) is 4. The van der Waals surface area contributed by atoms with E-state index in [0.717, 1.165) is 53.2 Å². The van der Waals surface area contributed by atoms with Crippen molar-refractivity contribution in [2.24, 2.45) is 11.7 Å². The zero-order chi connectivity index (χ0) is 25.6. The van der Waals surface area contributed by atoms with Crippen LogP contribution in [0.5, 0.6) is 11.6 Å².